The molecule has 0 fully saturated rings. The number of alkyl halides is 1. The van der Waals surface area contributed by atoms with Crippen molar-refractivity contribution < 1.29 is 4.79 Å². The van der Waals surface area contributed by atoms with Gasteiger partial charge in [0.25, 0.3) is 0 Å². The summed E-state index contributed by atoms with van der Waals surface area (Å²) in [5, 5.41) is 6.23. The molecule has 2 rings (SSSR count). The van der Waals surface area contributed by atoms with Crippen molar-refractivity contribution in [3.8, 4) is 0 Å². The number of rotatable bonds is 6. The highest BCUT2D eigenvalue weighted by atomic mass is 79.9. The van der Waals surface area contributed by atoms with Crippen molar-refractivity contribution in [2.45, 2.75) is 38.4 Å². The van der Waals surface area contributed by atoms with Crippen molar-refractivity contribution in [2.24, 2.45) is 0 Å². The molecule has 0 bridgehead atoms. The zero-order chi connectivity index (χ0) is 16.8. The average Bonchev–Trinajstić information content (AvgIpc) is 2.54. The first-order valence-electron chi connectivity index (χ1n) is 7.67. The maximum atomic E-state index is 12.1. The smallest absolute Gasteiger partial charge is 0.238 e. The van der Waals surface area contributed by atoms with Gasteiger partial charge in [0, 0.05) is 23.1 Å². The highest BCUT2D eigenvalue weighted by molar-refractivity contribution is 9.10. The number of aromatic nitrogens is 2. The third-order valence-corrected chi connectivity index (χ3v) is 4.53. The fourth-order valence-electron chi connectivity index (χ4n) is 2.15. The van der Waals surface area contributed by atoms with E-state index in [-0.39, 0.29) is 10.7 Å². The molecule has 1 aromatic heterocycles. The van der Waals surface area contributed by atoms with E-state index in [4.69, 9.17) is 0 Å². The molecule has 1 unspecified atom stereocenters. The Morgan fingerprint density at radius 1 is 1.26 bits per heavy atom. The first kappa shape index (κ1) is 17.4. The zero-order valence-corrected chi connectivity index (χ0v) is 15.1. The number of carbonyl (C=O) groups is 1. The second-order valence-electron chi connectivity index (χ2n) is 5.26. The Hall–Kier alpha value is -1.95. The molecule has 0 saturated carbocycles. The first-order valence-corrected chi connectivity index (χ1v) is 8.58. The summed E-state index contributed by atoms with van der Waals surface area (Å²) >= 11 is 3.38. The second-order valence-corrected chi connectivity index (χ2v) is 6.37. The van der Waals surface area contributed by atoms with Crippen LogP contribution in [0.15, 0.2) is 30.6 Å². The largest absolute Gasteiger partial charge is 0.340 e. The topological polar surface area (TPSA) is 66.9 Å². The first-order chi connectivity index (χ1) is 11.0. The fraction of sp³-hybridized carbons (Fsp3) is 0.353. The number of amides is 1. The number of hydrogen-bond donors (Lipinski definition) is 2. The number of anilines is 3. The quantitative estimate of drug-likeness (QED) is 0.741. The van der Waals surface area contributed by atoms with E-state index in [1.54, 1.807) is 0 Å². The van der Waals surface area contributed by atoms with Crippen molar-refractivity contribution in [2.75, 3.05) is 10.6 Å². The van der Waals surface area contributed by atoms with Crippen LogP contribution in [0.1, 0.15) is 31.5 Å². The van der Waals surface area contributed by atoms with Gasteiger partial charge in [0.15, 0.2) is 0 Å². The SMILES string of the molecule is CCc1ccc(Nc2cc(C)ncn2)cc1NC(=O)C(Br)CC. The van der Waals surface area contributed by atoms with Gasteiger partial charge in [-0.3, -0.25) is 4.79 Å². The standard InChI is InChI=1S/C17H21BrN4O/c1-4-12-6-7-13(21-16-8-11(3)19-10-20-16)9-15(12)22-17(23)14(18)5-2/h6-10,14H,4-5H2,1-3H3,(H,22,23)(H,19,20,21). The van der Waals surface area contributed by atoms with Crippen LogP contribution in [0.4, 0.5) is 17.2 Å². The summed E-state index contributed by atoms with van der Waals surface area (Å²) in [6.45, 7) is 5.95. The van der Waals surface area contributed by atoms with Crippen LogP contribution in [0, 0.1) is 6.92 Å². The van der Waals surface area contributed by atoms with Crippen molar-refractivity contribution in [1.29, 1.82) is 0 Å². The second kappa shape index (κ2) is 8.06. The van der Waals surface area contributed by atoms with E-state index < -0.39 is 0 Å². The normalized spacial score (nSPS) is 11.8. The molecule has 1 heterocycles. The number of benzene rings is 1. The number of aryl methyl sites for hydroxylation is 2. The van der Waals surface area contributed by atoms with E-state index in [0.717, 1.165) is 41.3 Å². The van der Waals surface area contributed by atoms with Crippen LogP contribution in [0.2, 0.25) is 0 Å². The molecule has 23 heavy (non-hydrogen) atoms. The third kappa shape index (κ3) is 4.76. The molecule has 1 aromatic carbocycles. The average molecular weight is 377 g/mol. The summed E-state index contributed by atoms with van der Waals surface area (Å²) in [5.41, 5.74) is 3.69. The predicted molar refractivity (Wildman–Crippen MR) is 97.5 cm³/mol. The fourth-order valence-corrected chi connectivity index (χ4v) is 2.26. The molecule has 122 valence electrons. The molecule has 0 saturated heterocycles. The summed E-state index contributed by atoms with van der Waals surface area (Å²) in [7, 11) is 0. The maximum Gasteiger partial charge on any atom is 0.238 e. The van der Waals surface area contributed by atoms with Crippen LogP contribution >= 0.6 is 15.9 Å². The van der Waals surface area contributed by atoms with Crippen molar-refractivity contribution >= 4 is 39.0 Å². The summed E-state index contributed by atoms with van der Waals surface area (Å²) in [6, 6.07) is 7.81. The summed E-state index contributed by atoms with van der Waals surface area (Å²) in [5.74, 6) is 0.697. The monoisotopic (exact) mass is 376 g/mol. The number of nitrogens with zero attached hydrogens (tertiary/aromatic N) is 2. The van der Waals surface area contributed by atoms with Crippen molar-refractivity contribution in [3.05, 3.63) is 41.9 Å². The maximum absolute atomic E-state index is 12.1. The molecular weight excluding hydrogens is 356 g/mol. The van der Waals surface area contributed by atoms with E-state index >= 15 is 0 Å². The van der Waals surface area contributed by atoms with Crippen LogP contribution in [0.5, 0.6) is 0 Å². The number of halogens is 1. The Bertz CT molecular complexity index is 690. The summed E-state index contributed by atoms with van der Waals surface area (Å²) in [6.07, 6.45) is 3.12. The minimum absolute atomic E-state index is 0.0303. The van der Waals surface area contributed by atoms with Gasteiger partial charge in [-0.2, -0.15) is 0 Å². The minimum atomic E-state index is -0.187. The Balaban J connectivity index is 2.22. The zero-order valence-electron chi connectivity index (χ0n) is 13.6. The van der Waals surface area contributed by atoms with Gasteiger partial charge in [-0.25, -0.2) is 9.97 Å². The highest BCUT2D eigenvalue weighted by Crippen LogP contribution is 2.24. The van der Waals surface area contributed by atoms with Crippen LogP contribution in [-0.2, 0) is 11.2 Å². The van der Waals surface area contributed by atoms with E-state index in [1.807, 2.05) is 38.1 Å². The molecule has 0 aliphatic heterocycles. The Morgan fingerprint density at radius 2 is 2.04 bits per heavy atom. The van der Waals surface area contributed by atoms with Crippen molar-refractivity contribution in [1.82, 2.24) is 9.97 Å². The van der Waals surface area contributed by atoms with Crippen LogP contribution in [-0.4, -0.2) is 20.7 Å². The van der Waals surface area contributed by atoms with Gasteiger partial charge in [0.1, 0.15) is 12.1 Å². The molecule has 0 aliphatic rings. The van der Waals surface area contributed by atoms with E-state index in [2.05, 4.69) is 43.5 Å². The lowest BCUT2D eigenvalue weighted by molar-refractivity contribution is -0.115. The molecule has 2 aromatic rings. The molecular formula is C17H21BrN4O. The van der Waals surface area contributed by atoms with Gasteiger partial charge < -0.3 is 10.6 Å². The summed E-state index contributed by atoms with van der Waals surface area (Å²) in [4.78, 5) is 20.2. The van der Waals surface area contributed by atoms with Gasteiger partial charge in [-0.1, -0.05) is 35.8 Å². The summed E-state index contributed by atoms with van der Waals surface area (Å²) < 4.78 is 0. The number of carbonyl (C=O) groups excluding carboxylic acids is 1. The van der Waals surface area contributed by atoms with Crippen LogP contribution in [0.25, 0.3) is 0 Å². The Morgan fingerprint density at radius 3 is 2.70 bits per heavy atom. The highest BCUT2D eigenvalue weighted by Gasteiger charge is 2.14. The molecule has 6 heteroatoms. The van der Waals surface area contributed by atoms with E-state index in [1.165, 1.54) is 6.33 Å². The molecule has 1 amide bonds. The van der Waals surface area contributed by atoms with Crippen LogP contribution < -0.4 is 10.6 Å². The van der Waals surface area contributed by atoms with Gasteiger partial charge in [-0.15, -0.1) is 0 Å². The molecule has 0 aliphatic carbocycles. The van der Waals surface area contributed by atoms with E-state index in [9.17, 15) is 4.79 Å². The number of nitrogens with one attached hydrogen (secondary N) is 2. The minimum Gasteiger partial charge on any atom is -0.340 e. The number of hydrogen-bond acceptors (Lipinski definition) is 4. The van der Waals surface area contributed by atoms with Gasteiger partial charge >= 0.3 is 0 Å². The predicted octanol–water partition coefficient (Wildman–Crippen LogP) is 4.20. The third-order valence-electron chi connectivity index (χ3n) is 3.47. The van der Waals surface area contributed by atoms with Gasteiger partial charge in [-0.05, 0) is 37.5 Å². The lowest BCUT2D eigenvalue weighted by atomic mass is 10.1. The molecule has 0 radical (unpaired) electrons. The van der Waals surface area contributed by atoms with E-state index in [0.29, 0.717) is 0 Å². The Labute approximate surface area is 145 Å². The molecule has 1 atom stereocenters. The molecule has 0 spiro atoms. The van der Waals surface area contributed by atoms with Gasteiger partial charge in [0.2, 0.25) is 5.91 Å². The lowest BCUT2D eigenvalue weighted by Gasteiger charge is -2.14. The molecule has 5 nitrogen and oxygen atoms in total. The van der Waals surface area contributed by atoms with Gasteiger partial charge in [0.05, 0.1) is 4.83 Å². The Kier molecular flexibility index (Phi) is 6.10. The van der Waals surface area contributed by atoms with Crippen molar-refractivity contribution in [3.63, 3.8) is 0 Å². The van der Waals surface area contributed by atoms with Crippen LogP contribution in [0.3, 0.4) is 0 Å². The lowest BCUT2D eigenvalue weighted by Crippen LogP contribution is -2.22. The molecule has 2 N–H and O–H groups in total.